The molecule has 0 aliphatic rings. The number of hydrogen-bond acceptors (Lipinski definition) is 3. The van der Waals surface area contributed by atoms with Crippen LogP contribution in [0, 0.1) is 11.6 Å². The van der Waals surface area contributed by atoms with Crippen molar-refractivity contribution in [3.8, 4) is 0 Å². The molecule has 4 nitrogen and oxygen atoms in total. The van der Waals surface area contributed by atoms with Gasteiger partial charge in [-0.25, -0.2) is 8.78 Å². The molecule has 126 valence electrons. The summed E-state index contributed by atoms with van der Waals surface area (Å²) in [7, 11) is 0. The Morgan fingerprint density at radius 1 is 1.04 bits per heavy atom. The van der Waals surface area contributed by atoms with Gasteiger partial charge in [0.25, 0.3) is 0 Å². The SMILES string of the molecule is NC(=O)CCN(C(=O)CSc1ccc(F)c(F)c1)c1ccccc1. The molecule has 2 N–H and O–H groups in total. The molecule has 0 radical (unpaired) electrons. The number of rotatable bonds is 7. The summed E-state index contributed by atoms with van der Waals surface area (Å²) < 4.78 is 26.1. The highest BCUT2D eigenvalue weighted by atomic mass is 32.2. The van der Waals surface area contributed by atoms with Crippen LogP contribution in [0.5, 0.6) is 0 Å². The number of carbonyl (C=O) groups excluding carboxylic acids is 2. The maximum Gasteiger partial charge on any atom is 0.237 e. The van der Waals surface area contributed by atoms with Gasteiger partial charge in [0.2, 0.25) is 11.8 Å². The van der Waals surface area contributed by atoms with Crippen LogP contribution < -0.4 is 10.6 Å². The largest absolute Gasteiger partial charge is 0.370 e. The molecule has 0 unspecified atom stereocenters. The summed E-state index contributed by atoms with van der Waals surface area (Å²) in [5.41, 5.74) is 5.80. The molecule has 0 aromatic heterocycles. The van der Waals surface area contributed by atoms with Gasteiger partial charge < -0.3 is 10.6 Å². The van der Waals surface area contributed by atoms with Crippen molar-refractivity contribution in [3.05, 3.63) is 60.2 Å². The van der Waals surface area contributed by atoms with Crippen molar-refractivity contribution in [3.63, 3.8) is 0 Å². The van der Waals surface area contributed by atoms with Gasteiger partial charge in [0.1, 0.15) is 0 Å². The zero-order valence-corrected chi connectivity index (χ0v) is 13.6. The summed E-state index contributed by atoms with van der Waals surface area (Å²) in [6.07, 6.45) is 0.0382. The fourth-order valence-electron chi connectivity index (χ4n) is 2.02. The predicted molar refractivity (Wildman–Crippen MR) is 89.7 cm³/mol. The summed E-state index contributed by atoms with van der Waals surface area (Å²) >= 11 is 1.09. The van der Waals surface area contributed by atoms with E-state index < -0.39 is 17.5 Å². The molecule has 0 heterocycles. The van der Waals surface area contributed by atoms with E-state index in [1.165, 1.54) is 11.0 Å². The first kappa shape index (κ1) is 17.9. The Morgan fingerprint density at radius 2 is 1.75 bits per heavy atom. The molecule has 2 aromatic rings. The first-order valence-electron chi connectivity index (χ1n) is 7.19. The third-order valence-electron chi connectivity index (χ3n) is 3.20. The maximum atomic E-state index is 13.2. The second-order valence-corrected chi connectivity index (χ2v) is 6.01. The summed E-state index contributed by atoms with van der Waals surface area (Å²) in [6, 6.07) is 12.4. The highest BCUT2D eigenvalue weighted by Gasteiger charge is 2.17. The van der Waals surface area contributed by atoms with Gasteiger partial charge in [-0.3, -0.25) is 9.59 Å². The highest BCUT2D eigenvalue weighted by molar-refractivity contribution is 8.00. The number of nitrogens with two attached hydrogens (primary N) is 1. The van der Waals surface area contributed by atoms with Crippen molar-refractivity contribution < 1.29 is 18.4 Å². The van der Waals surface area contributed by atoms with E-state index in [4.69, 9.17) is 5.73 Å². The van der Waals surface area contributed by atoms with Crippen LogP contribution in [0.4, 0.5) is 14.5 Å². The van der Waals surface area contributed by atoms with Crippen molar-refractivity contribution in [2.45, 2.75) is 11.3 Å². The van der Waals surface area contributed by atoms with Crippen LogP contribution in [-0.4, -0.2) is 24.1 Å². The van der Waals surface area contributed by atoms with Gasteiger partial charge in [0.05, 0.1) is 5.75 Å². The lowest BCUT2D eigenvalue weighted by atomic mass is 10.2. The number of halogens is 2. The molecule has 2 aromatic carbocycles. The number of anilines is 1. The van der Waals surface area contributed by atoms with Crippen molar-refractivity contribution >= 4 is 29.3 Å². The van der Waals surface area contributed by atoms with E-state index in [1.54, 1.807) is 24.3 Å². The summed E-state index contributed by atoms with van der Waals surface area (Å²) in [5.74, 6) is -2.62. The number of carbonyl (C=O) groups is 2. The van der Waals surface area contributed by atoms with Crippen LogP contribution in [0.1, 0.15) is 6.42 Å². The fourth-order valence-corrected chi connectivity index (χ4v) is 2.81. The van der Waals surface area contributed by atoms with E-state index in [2.05, 4.69) is 0 Å². The number of nitrogens with zero attached hydrogens (tertiary/aromatic N) is 1. The minimum Gasteiger partial charge on any atom is -0.370 e. The fraction of sp³-hybridized carbons (Fsp3) is 0.176. The molecule has 0 spiro atoms. The smallest absolute Gasteiger partial charge is 0.237 e. The van der Waals surface area contributed by atoms with Crippen molar-refractivity contribution in [2.75, 3.05) is 17.2 Å². The zero-order valence-electron chi connectivity index (χ0n) is 12.7. The summed E-state index contributed by atoms with van der Waals surface area (Å²) in [4.78, 5) is 25.4. The van der Waals surface area contributed by atoms with Gasteiger partial charge in [-0.15, -0.1) is 11.8 Å². The van der Waals surface area contributed by atoms with E-state index in [0.717, 1.165) is 23.9 Å². The van der Waals surface area contributed by atoms with Gasteiger partial charge in [0.15, 0.2) is 11.6 Å². The van der Waals surface area contributed by atoms with Gasteiger partial charge in [-0.1, -0.05) is 18.2 Å². The van der Waals surface area contributed by atoms with Crippen LogP contribution in [0.25, 0.3) is 0 Å². The topological polar surface area (TPSA) is 63.4 Å². The Labute approximate surface area is 142 Å². The molecule has 0 aliphatic heterocycles. The summed E-state index contributed by atoms with van der Waals surface area (Å²) in [5, 5.41) is 0. The first-order valence-corrected chi connectivity index (χ1v) is 8.17. The number of thioether (sulfide) groups is 1. The van der Waals surface area contributed by atoms with Crippen molar-refractivity contribution in [1.82, 2.24) is 0 Å². The molecule has 0 aliphatic carbocycles. The molecule has 2 amide bonds. The van der Waals surface area contributed by atoms with Crippen LogP contribution in [-0.2, 0) is 9.59 Å². The van der Waals surface area contributed by atoms with Crippen molar-refractivity contribution in [1.29, 1.82) is 0 Å². The third kappa shape index (κ3) is 5.06. The van der Waals surface area contributed by atoms with Crippen LogP contribution in [0.3, 0.4) is 0 Å². The number of benzene rings is 2. The third-order valence-corrected chi connectivity index (χ3v) is 4.18. The van der Waals surface area contributed by atoms with Gasteiger partial charge in [-0.05, 0) is 30.3 Å². The minimum absolute atomic E-state index is 0.0265. The second kappa shape index (κ2) is 8.44. The van der Waals surface area contributed by atoms with Gasteiger partial charge >= 0.3 is 0 Å². The first-order chi connectivity index (χ1) is 11.5. The molecular formula is C17H16F2N2O2S. The number of primary amides is 1. The van der Waals surface area contributed by atoms with Crippen LogP contribution in [0.15, 0.2) is 53.4 Å². The molecule has 24 heavy (non-hydrogen) atoms. The standard InChI is InChI=1S/C17H16F2N2O2S/c18-14-7-6-13(10-15(14)19)24-11-17(23)21(9-8-16(20)22)12-4-2-1-3-5-12/h1-7,10H,8-9,11H2,(H2,20,22). The highest BCUT2D eigenvalue weighted by Crippen LogP contribution is 2.22. The second-order valence-electron chi connectivity index (χ2n) is 4.96. The average Bonchev–Trinajstić information content (AvgIpc) is 2.57. The quantitative estimate of drug-likeness (QED) is 0.781. The number of para-hydroxylation sites is 1. The molecule has 0 fully saturated rings. The van der Waals surface area contributed by atoms with E-state index in [1.807, 2.05) is 6.07 Å². The van der Waals surface area contributed by atoms with Crippen molar-refractivity contribution in [2.24, 2.45) is 5.73 Å². The number of amides is 2. The monoisotopic (exact) mass is 350 g/mol. The minimum atomic E-state index is -0.957. The lowest BCUT2D eigenvalue weighted by Gasteiger charge is -2.22. The predicted octanol–water partition coefficient (Wildman–Crippen LogP) is 2.97. The lowest BCUT2D eigenvalue weighted by Crippen LogP contribution is -2.35. The summed E-state index contributed by atoms with van der Waals surface area (Å²) in [6.45, 7) is 0.163. The van der Waals surface area contributed by atoms with Crippen LogP contribution >= 0.6 is 11.8 Å². The molecule has 0 saturated heterocycles. The van der Waals surface area contributed by atoms with E-state index in [0.29, 0.717) is 10.6 Å². The average molecular weight is 350 g/mol. The Kier molecular flexibility index (Phi) is 6.31. The molecule has 0 bridgehead atoms. The normalized spacial score (nSPS) is 10.4. The molecule has 0 saturated carbocycles. The van der Waals surface area contributed by atoms with E-state index >= 15 is 0 Å². The molecular weight excluding hydrogens is 334 g/mol. The van der Waals surface area contributed by atoms with E-state index in [-0.39, 0.29) is 24.6 Å². The lowest BCUT2D eigenvalue weighted by molar-refractivity contribution is -0.118. The maximum absolute atomic E-state index is 13.2. The van der Waals surface area contributed by atoms with Crippen LogP contribution in [0.2, 0.25) is 0 Å². The Hall–Kier alpha value is -2.41. The number of hydrogen-bond donors (Lipinski definition) is 1. The van der Waals surface area contributed by atoms with Gasteiger partial charge in [0, 0.05) is 23.5 Å². The molecule has 0 atom stereocenters. The molecule has 7 heteroatoms. The molecule has 2 rings (SSSR count). The zero-order chi connectivity index (χ0) is 17.5. The Bertz CT molecular complexity index is 726. The Balaban J connectivity index is 2.06. The van der Waals surface area contributed by atoms with Gasteiger partial charge in [-0.2, -0.15) is 0 Å². The van der Waals surface area contributed by atoms with E-state index in [9.17, 15) is 18.4 Å². The Morgan fingerprint density at radius 3 is 2.38 bits per heavy atom.